The molecular weight excluding hydrogens is 473 g/mol. The Hall–Kier alpha value is -2.78. The predicted molar refractivity (Wildman–Crippen MR) is 129 cm³/mol. The van der Waals surface area contributed by atoms with Crippen molar-refractivity contribution in [3.63, 3.8) is 0 Å². The molecule has 0 aromatic heterocycles. The van der Waals surface area contributed by atoms with Crippen molar-refractivity contribution in [2.45, 2.75) is 51.7 Å². The number of likely N-dealkylation sites (tertiary alicyclic amines) is 2. The molecule has 1 aromatic carbocycles. The molecule has 0 bridgehead atoms. The molecule has 0 radical (unpaired) electrons. The number of alkyl halides is 3. The summed E-state index contributed by atoms with van der Waals surface area (Å²) in [6.45, 7) is 9.21. The van der Waals surface area contributed by atoms with E-state index in [-0.39, 0.29) is 41.5 Å². The lowest BCUT2D eigenvalue weighted by Crippen LogP contribution is -2.52. The fourth-order valence-corrected chi connectivity index (χ4v) is 5.45. The zero-order valence-electron chi connectivity index (χ0n) is 21.2. The number of rotatable bonds is 3. The molecule has 4 rings (SSSR count). The molecule has 10 heteroatoms. The average Bonchev–Trinajstić information content (AvgIpc) is 3.25. The summed E-state index contributed by atoms with van der Waals surface area (Å²) in [5, 5.41) is 0. The Bertz CT molecular complexity index is 991. The van der Waals surface area contributed by atoms with Crippen LogP contribution in [-0.2, 0) is 20.6 Å². The molecule has 1 aromatic rings. The number of amides is 3. The fraction of sp³-hybridized carbons (Fsp3) is 0.654. The van der Waals surface area contributed by atoms with Gasteiger partial charge in [-0.2, -0.15) is 13.2 Å². The Labute approximate surface area is 210 Å². The summed E-state index contributed by atoms with van der Waals surface area (Å²) in [7, 11) is 0. The second-order valence-electron chi connectivity index (χ2n) is 11.0. The van der Waals surface area contributed by atoms with Gasteiger partial charge < -0.3 is 19.6 Å². The minimum atomic E-state index is -4.39. The highest BCUT2D eigenvalue weighted by atomic mass is 19.4. The highest BCUT2D eigenvalue weighted by Crippen LogP contribution is 2.32. The number of carbonyl (C=O) groups excluding carboxylic acids is 3. The molecule has 1 atom stereocenters. The summed E-state index contributed by atoms with van der Waals surface area (Å²) >= 11 is 0. The van der Waals surface area contributed by atoms with Gasteiger partial charge in [-0.25, -0.2) is 0 Å². The van der Waals surface area contributed by atoms with Gasteiger partial charge in [-0.05, 0) is 51.8 Å². The summed E-state index contributed by atoms with van der Waals surface area (Å²) in [6.07, 6.45) is -2.97. The molecule has 3 aliphatic rings. The topological polar surface area (TPSA) is 64.2 Å². The SMILES string of the molecule is CC(C)(C)N1CC(C(=O)N2CCC(C(=O)N3CCN(c4cccc(C(F)(F)F)c4)CC3)CC2)CC1=O. The van der Waals surface area contributed by atoms with Gasteiger partial charge in [0.05, 0.1) is 11.5 Å². The van der Waals surface area contributed by atoms with E-state index in [9.17, 15) is 27.6 Å². The number of anilines is 1. The van der Waals surface area contributed by atoms with E-state index in [4.69, 9.17) is 0 Å². The molecule has 0 spiro atoms. The molecule has 0 saturated carbocycles. The number of hydrogen-bond acceptors (Lipinski definition) is 4. The van der Waals surface area contributed by atoms with Crippen LogP contribution < -0.4 is 4.90 Å². The van der Waals surface area contributed by atoms with Gasteiger partial charge in [0.1, 0.15) is 0 Å². The lowest BCUT2D eigenvalue weighted by atomic mass is 9.93. The number of benzene rings is 1. The van der Waals surface area contributed by atoms with E-state index in [0.717, 1.165) is 12.1 Å². The van der Waals surface area contributed by atoms with Gasteiger partial charge in [-0.1, -0.05) is 6.07 Å². The number of carbonyl (C=O) groups is 3. The lowest BCUT2D eigenvalue weighted by molar-refractivity contribution is -0.142. The van der Waals surface area contributed by atoms with Crippen LogP contribution in [0.25, 0.3) is 0 Å². The van der Waals surface area contributed by atoms with Crippen LogP contribution in [0.15, 0.2) is 24.3 Å². The second kappa shape index (κ2) is 9.94. The molecule has 7 nitrogen and oxygen atoms in total. The van der Waals surface area contributed by atoms with Crippen molar-refractivity contribution in [3.8, 4) is 0 Å². The van der Waals surface area contributed by atoms with Crippen molar-refractivity contribution in [2.24, 2.45) is 11.8 Å². The molecule has 198 valence electrons. The van der Waals surface area contributed by atoms with E-state index in [2.05, 4.69) is 0 Å². The van der Waals surface area contributed by atoms with Crippen molar-refractivity contribution in [3.05, 3.63) is 29.8 Å². The summed E-state index contributed by atoms with van der Waals surface area (Å²) in [6, 6.07) is 5.29. The summed E-state index contributed by atoms with van der Waals surface area (Å²) in [4.78, 5) is 45.7. The van der Waals surface area contributed by atoms with E-state index in [1.165, 1.54) is 6.07 Å². The van der Waals surface area contributed by atoms with Gasteiger partial charge in [-0.15, -0.1) is 0 Å². The maximum absolute atomic E-state index is 13.1. The largest absolute Gasteiger partial charge is 0.416 e. The van der Waals surface area contributed by atoms with Crippen LogP contribution in [0.3, 0.4) is 0 Å². The minimum absolute atomic E-state index is 0.00398. The summed E-state index contributed by atoms with van der Waals surface area (Å²) in [5.41, 5.74) is -0.469. The smallest absolute Gasteiger partial charge is 0.368 e. The van der Waals surface area contributed by atoms with Gasteiger partial charge >= 0.3 is 6.18 Å². The van der Waals surface area contributed by atoms with Crippen molar-refractivity contribution in [1.82, 2.24) is 14.7 Å². The number of piperazine rings is 1. The highest BCUT2D eigenvalue weighted by molar-refractivity contribution is 5.90. The van der Waals surface area contributed by atoms with E-state index >= 15 is 0 Å². The number of hydrogen-bond donors (Lipinski definition) is 0. The van der Waals surface area contributed by atoms with E-state index in [1.54, 1.807) is 20.8 Å². The van der Waals surface area contributed by atoms with Crippen molar-refractivity contribution >= 4 is 23.4 Å². The van der Waals surface area contributed by atoms with Crippen LogP contribution >= 0.6 is 0 Å². The van der Waals surface area contributed by atoms with Crippen LogP contribution in [-0.4, -0.2) is 83.8 Å². The van der Waals surface area contributed by atoms with Gasteiger partial charge in [0, 0.05) is 69.4 Å². The van der Waals surface area contributed by atoms with Crippen LogP contribution in [0.1, 0.15) is 45.6 Å². The molecule has 3 aliphatic heterocycles. The van der Waals surface area contributed by atoms with Crippen LogP contribution in [0.4, 0.5) is 18.9 Å². The third-order valence-corrected chi connectivity index (χ3v) is 7.57. The quantitative estimate of drug-likeness (QED) is 0.629. The Morgan fingerprint density at radius 2 is 1.44 bits per heavy atom. The molecule has 0 aliphatic carbocycles. The monoisotopic (exact) mass is 508 g/mol. The normalized spacial score (nSPS) is 22.4. The van der Waals surface area contributed by atoms with Crippen LogP contribution in [0.2, 0.25) is 0 Å². The highest BCUT2D eigenvalue weighted by Gasteiger charge is 2.42. The molecule has 1 unspecified atom stereocenters. The minimum Gasteiger partial charge on any atom is -0.368 e. The Morgan fingerprint density at radius 1 is 0.861 bits per heavy atom. The molecule has 3 heterocycles. The van der Waals surface area contributed by atoms with Gasteiger partial charge in [-0.3, -0.25) is 14.4 Å². The lowest BCUT2D eigenvalue weighted by Gasteiger charge is -2.39. The third-order valence-electron chi connectivity index (χ3n) is 7.57. The van der Waals surface area contributed by atoms with Crippen LogP contribution in [0, 0.1) is 11.8 Å². The first kappa shape index (κ1) is 26.3. The zero-order valence-corrected chi connectivity index (χ0v) is 21.2. The fourth-order valence-electron chi connectivity index (χ4n) is 5.45. The van der Waals surface area contributed by atoms with Crippen molar-refractivity contribution in [1.29, 1.82) is 0 Å². The second-order valence-corrected chi connectivity index (χ2v) is 11.0. The first-order chi connectivity index (χ1) is 16.8. The number of halogens is 3. The predicted octanol–water partition coefficient (Wildman–Crippen LogP) is 3.24. The first-order valence-corrected chi connectivity index (χ1v) is 12.6. The van der Waals surface area contributed by atoms with Crippen molar-refractivity contribution in [2.75, 3.05) is 50.7 Å². The summed E-state index contributed by atoms with van der Waals surface area (Å²) < 4.78 is 39.1. The number of piperidine rings is 1. The van der Waals surface area contributed by atoms with Crippen LogP contribution in [0.5, 0.6) is 0 Å². The standard InChI is InChI=1S/C26H35F3N4O3/c1-25(2,3)33-17-19(15-22(33)34)24(36)31-9-7-18(8-10-31)23(35)32-13-11-30(12-14-32)21-6-4-5-20(16-21)26(27,28)29/h4-6,16,18-19H,7-15,17H2,1-3H3. The van der Waals surface area contributed by atoms with E-state index in [1.807, 2.05) is 25.7 Å². The number of nitrogens with zero attached hydrogens (tertiary/aromatic N) is 4. The van der Waals surface area contributed by atoms with Gasteiger partial charge in [0.15, 0.2) is 0 Å². The summed E-state index contributed by atoms with van der Waals surface area (Å²) in [5.74, 6) is -0.426. The Morgan fingerprint density at radius 3 is 2.00 bits per heavy atom. The molecule has 3 saturated heterocycles. The molecular formula is C26H35F3N4O3. The Kier molecular flexibility index (Phi) is 7.26. The average molecular weight is 509 g/mol. The van der Waals surface area contributed by atoms with Crippen molar-refractivity contribution < 1.29 is 27.6 Å². The van der Waals surface area contributed by atoms with Gasteiger partial charge in [0.2, 0.25) is 17.7 Å². The first-order valence-electron chi connectivity index (χ1n) is 12.6. The van der Waals surface area contributed by atoms with E-state index < -0.39 is 11.7 Å². The molecule has 0 N–H and O–H groups in total. The maximum Gasteiger partial charge on any atom is 0.416 e. The molecule has 3 amide bonds. The van der Waals surface area contributed by atoms with E-state index in [0.29, 0.717) is 64.3 Å². The molecule has 36 heavy (non-hydrogen) atoms. The third kappa shape index (κ3) is 5.62. The van der Waals surface area contributed by atoms with Gasteiger partial charge in [0.25, 0.3) is 0 Å². The Balaban J connectivity index is 1.26. The maximum atomic E-state index is 13.1. The molecule has 3 fully saturated rings. The zero-order chi connectivity index (χ0) is 26.3.